The topological polar surface area (TPSA) is 30.5 Å². The zero-order chi connectivity index (χ0) is 12.0. The van der Waals surface area contributed by atoms with Crippen molar-refractivity contribution in [1.82, 2.24) is 5.48 Å². The molecule has 0 aliphatic rings. The van der Waals surface area contributed by atoms with Crippen molar-refractivity contribution in [2.45, 2.75) is 20.4 Å². The lowest BCUT2D eigenvalue weighted by Gasteiger charge is -2.10. The third-order valence-electron chi connectivity index (χ3n) is 2.03. The number of halogens is 1. The minimum absolute atomic E-state index is 0.529. The van der Waals surface area contributed by atoms with Crippen molar-refractivity contribution in [1.29, 1.82) is 0 Å². The number of methoxy groups -OCH3 is 1. The van der Waals surface area contributed by atoms with Crippen LogP contribution in [0, 0.1) is 5.92 Å². The Morgan fingerprint density at radius 2 is 2.12 bits per heavy atom. The number of hydroxylamine groups is 1. The maximum Gasteiger partial charge on any atom is 0.119 e. The Hall–Kier alpha value is -0.580. The number of benzene rings is 1. The summed E-state index contributed by atoms with van der Waals surface area (Å²) < 4.78 is 6.21. The fourth-order valence-corrected chi connectivity index (χ4v) is 1.55. The molecule has 0 saturated heterocycles. The first kappa shape index (κ1) is 13.5. The summed E-state index contributed by atoms with van der Waals surface area (Å²) in [5.74, 6) is 1.38. The van der Waals surface area contributed by atoms with Crippen LogP contribution in [0.2, 0.25) is 0 Å². The first-order valence-electron chi connectivity index (χ1n) is 5.30. The van der Waals surface area contributed by atoms with Gasteiger partial charge in [-0.25, -0.2) is 0 Å². The number of ether oxygens (including phenoxy) is 1. The quantitative estimate of drug-likeness (QED) is 0.644. The van der Waals surface area contributed by atoms with Gasteiger partial charge in [0.25, 0.3) is 0 Å². The lowest BCUT2D eigenvalue weighted by Crippen LogP contribution is -2.17. The summed E-state index contributed by atoms with van der Waals surface area (Å²) in [7, 11) is 1.66. The van der Waals surface area contributed by atoms with Gasteiger partial charge in [0.05, 0.1) is 13.7 Å². The summed E-state index contributed by atoms with van der Waals surface area (Å²) in [6, 6.07) is 5.87. The predicted molar refractivity (Wildman–Crippen MR) is 68.3 cm³/mol. The molecule has 3 nitrogen and oxygen atoms in total. The van der Waals surface area contributed by atoms with E-state index < -0.39 is 0 Å². The number of hydrogen-bond donors (Lipinski definition) is 1. The third kappa shape index (κ3) is 4.51. The molecule has 1 rings (SSSR count). The fourth-order valence-electron chi connectivity index (χ4n) is 1.17. The highest BCUT2D eigenvalue weighted by atomic mass is 79.9. The molecule has 0 fully saturated rings. The Morgan fingerprint density at radius 1 is 1.38 bits per heavy atom. The monoisotopic (exact) mass is 287 g/mol. The van der Waals surface area contributed by atoms with E-state index in [0.717, 1.165) is 15.8 Å². The molecular formula is C12H18BrNO2. The Bertz CT molecular complexity index is 329. The van der Waals surface area contributed by atoms with Crippen LogP contribution in [-0.2, 0) is 11.4 Å². The van der Waals surface area contributed by atoms with Gasteiger partial charge in [0.15, 0.2) is 0 Å². The molecule has 1 aromatic rings. The molecule has 90 valence electrons. The highest BCUT2D eigenvalue weighted by molar-refractivity contribution is 9.10. The van der Waals surface area contributed by atoms with Crippen molar-refractivity contribution in [3.05, 3.63) is 28.2 Å². The van der Waals surface area contributed by atoms with E-state index in [9.17, 15) is 0 Å². The molecule has 0 radical (unpaired) electrons. The first-order chi connectivity index (χ1) is 7.63. The van der Waals surface area contributed by atoms with Crippen LogP contribution in [0.5, 0.6) is 5.75 Å². The van der Waals surface area contributed by atoms with Crippen LogP contribution in [0.1, 0.15) is 19.4 Å². The maximum atomic E-state index is 5.32. The lowest BCUT2D eigenvalue weighted by atomic mass is 10.2. The summed E-state index contributed by atoms with van der Waals surface area (Å²) in [4.78, 5) is 5.32. The zero-order valence-corrected chi connectivity index (χ0v) is 11.5. The molecule has 0 bridgehead atoms. The fraction of sp³-hybridized carbons (Fsp3) is 0.500. The van der Waals surface area contributed by atoms with E-state index in [1.807, 2.05) is 18.2 Å². The molecule has 16 heavy (non-hydrogen) atoms. The van der Waals surface area contributed by atoms with Gasteiger partial charge in [-0.2, -0.15) is 5.48 Å². The second kappa shape index (κ2) is 6.89. The largest absolute Gasteiger partial charge is 0.497 e. The van der Waals surface area contributed by atoms with Gasteiger partial charge in [-0.05, 0) is 29.7 Å². The van der Waals surface area contributed by atoms with Gasteiger partial charge in [0.1, 0.15) is 5.75 Å². The minimum Gasteiger partial charge on any atom is -0.497 e. The summed E-state index contributed by atoms with van der Waals surface area (Å²) in [5.41, 5.74) is 4.05. The van der Waals surface area contributed by atoms with Crippen LogP contribution in [0.3, 0.4) is 0 Å². The predicted octanol–water partition coefficient (Wildman–Crippen LogP) is 3.13. The van der Waals surface area contributed by atoms with Crippen LogP contribution >= 0.6 is 15.9 Å². The van der Waals surface area contributed by atoms with E-state index in [2.05, 4.69) is 35.3 Å². The van der Waals surface area contributed by atoms with Crippen LogP contribution in [0.15, 0.2) is 22.7 Å². The van der Waals surface area contributed by atoms with Gasteiger partial charge in [0, 0.05) is 11.0 Å². The highest BCUT2D eigenvalue weighted by Crippen LogP contribution is 2.22. The normalized spacial score (nSPS) is 10.8. The van der Waals surface area contributed by atoms with Gasteiger partial charge in [-0.3, -0.25) is 0 Å². The average Bonchev–Trinajstić information content (AvgIpc) is 2.26. The van der Waals surface area contributed by atoms with Crippen molar-refractivity contribution in [3.8, 4) is 5.75 Å². The summed E-state index contributed by atoms with van der Waals surface area (Å²) >= 11 is 3.49. The number of nitrogens with one attached hydrogen (secondary N) is 1. The maximum absolute atomic E-state index is 5.32. The Kier molecular flexibility index (Phi) is 5.80. The molecule has 1 aromatic carbocycles. The van der Waals surface area contributed by atoms with E-state index in [1.54, 1.807) is 7.11 Å². The number of rotatable bonds is 6. The molecule has 0 atom stereocenters. The number of hydrogen-bond acceptors (Lipinski definition) is 3. The van der Waals surface area contributed by atoms with E-state index in [0.29, 0.717) is 19.1 Å². The van der Waals surface area contributed by atoms with Crippen molar-refractivity contribution in [2.24, 2.45) is 5.92 Å². The summed E-state index contributed by atoms with van der Waals surface area (Å²) in [6.45, 7) is 5.60. The van der Waals surface area contributed by atoms with Crippen LogP contribution in [-0.4, -0.2) is 13.7 Å². The molecule has 0 unspecified atom stereocenters. The smallest absolute Gasteiger partial charge is 0.119 e. The third-order valence-corrected chi connectivity index (χ3v) is 2.81. The summed E-state index contributed by atoms with van der Waals surface area (Å²) in [6.07, 6.45) is 0. The van der Waals surface area contributed by atoms with E-state index in [1.165, 1.54) is 0 Å². The molecular weight excluding hydrogens is 270 g/mol. The lowest BCUT2D eigenvalue weighted by molar-refractivity contribution is 0.0195. The van der Waals surface area contributed by atoms with Crippen molar-refractivity contribution < 1.29 is 9.57 Å². The molecule has 0 aromatic heterocycles. The van der Waals surface area contributed by atoms with Crippen LogP contribution in [0.25, 0.3) is 0 Å². The SMILES string of the molecule is COc1ccc(Br)c(CNOCC(C)C)c1. The summed E-state index contributed by atoms with van der Waals surface area (Å²) in [5, 5.41) is 0. The van der Waals surface area contributed by atoms with E-state index in [4.69, 9.17) is 9.57 Å². The molecule has 0 amide bonds. The zero-order valence-electron chi connectivity index (χ0n) is 9.92. The van der Waals surface area contributed by atoms with Gasteiger partial charge in [-0.15, -0.1) is 0 Å². The van der Waals surface area contributed by atoms with Gasteiger partial charge < -0.3 is 9.57 Å². The van der Waals surface area contributed by atoms with E-state index >= 15 is 0 Å². The molecule has 0 heterocycles. The Labute approximate surface area is 105 Å². The molecule has 0 spiro atoms. The van der Waals surface area contributed by atoms with Gasteiger partial charge in [0.2, 0.25) is 0 Å². The molecule has 1 N–H and O–H groups in total. The van der Waals surface area contributed by atoms with Crippen molar-refractivity contribution in [3.63, 3.8) is 0 Å². The molecule has 4 heteroatoms. The van der Waals surface area contributed by atoms with Crippen molar-refractivity contribution >= 4 is 15.9 Å². The first-order valence-corrected chi connectivity index (χ1v) is 6.10. The Balaban J connectivity index is 2.46. The van der Waals surface area contributed by atoms with Crippen LogP contribution < -0.4 is 10.2 Å². The second-order valence-corrected chi connectivity index (χ2v) is 4.84. The molecule has 0 saturated carbocycles. The Morgan fingerprint density at radius 3 is 2.75 bits per heavy atom. The molecule has 0 aliphatic heterocycles. The van der Waals surface area contributed by atoms with Crippen molar-refractivity contribution in [2.75, 3.05) is 13.7 Å². The molecule has 0 aliphatic carbocycles. The average molecular weight is 288 g/mol. The standard InChI is InChI=1S/C12H18BrNO2/c1-9(2)8-16-14-7-10-6-11(15-3)4-5-12(10)13/h4-6,9,14H,7-8H2,1-3H3. The second-order valence-electron chi connectivity index (χ2n) is 3.98. The minimum atomic E-state index is 0.529. The van der Waals surface area contributed by atoms with Crippen LogP contribution in [0.4, 0.5) is 0 Å². The highest BCUT2D eigenvalue weighted by Gasteiger charge is 2.02. The van der Waals surface area contributed by atoms with Gasteiger partial charge >= 0.3 is 0 Å². The van der Waals surface area contributed by atoms with E-state index in [-0.39, 0.29) is 0 Å². The van der Waals surface area contributed by atoms with Gasteiger partial charge in [-0.1, -0.05) is 29.8 Å².